The van der Waals surface area contributed by atoms with Gasteiger partial charge in [-0.05, 0) is 13.8 Å². The molecule has 9 heavy (non-hydrogen) atoms. The normalized spacial score (nSPS) is 11.0. The van der Waals surface area contributed by atoms with Crippen LogP contribution in [0, 0.1) is 0 Å². The zero-order chi connectivity index (χ0) is 7.49. The second kappa shape index (κ2) is 2.68. The van der Waals surface area contributed by atoms with E-state index in [0.717, 1.165) is 0 Å². The van der Waals surface area contributed by atoms with E-state index >= 15 is 0 Å². The van der Waals surface area contributed by atoms with Crippen LogP contribution in [0.25, 0.3) is 0 Å². The first kappa shape index (κ1) is 8.23. The van der Waals surface area contributed by atoms with Crippen LogP contribution in [0.1, 0.15) is 13.8 Å². The van der Waals surface area contributed by atoms with Gasteiger partial charge in [-0.25, -0.2) is 0 Å². The number of rotatable bonds is 2. The molecule has 0 amide bonds. The summed E-state index contributed by atoms with van der Waals surface area (Å²) in [6.45, 7) is 4.19. The van der Waals surface area contributed by atoms with Crippen LogP contribution in [0.5, 0.6) is 0 Å². The number of aliphatic imine (C=N–C) groups is 1. The van der Waals surface area contributed by atoms with Gasteiger partial charge >= 0.3 is 0 Å². The highest BCUT2D eigenvalue weighted by molar-refractivity contribution is 5.75. The van der Waals surface area contributed by atoms with Crippen LogP contribution in [-0.4, -0.2) is 18.0 Å². The minimum atomic E-state index is -0.315. The van der Waals surface area contributed by atoms with Gasteiger partial charge in [0.15, 0.2) is 5.96 Å². The molecule has 0 aromatic carbocycles. The number of nitrogens with two attached hydrogens (primary N) is 3. The Morgan fingerprint density at radius 1 is 1.44 bits per heavy atom. The molecule has 0 saturated heterocycles. The fourth-order valence-corrected chi connectivity index (χ4v) is 0.295. The van der Waals surface area contributed by atoms with Crippen molar-refractivity contribution in [2.75, 3.05) is 6.54 Å². The monoisotopic (exact) mass is 130 g/mol. The van der Waals surface area contributed by atoms with Crippen LogP contribution < -0.4 is 17.2 Å². The highest BCUT2D eigenvalue weighted by Gasteiger charge is 2.07. The molecule has 0 rings (SSSR count). The number of nitrogens with zero attached hydrogens (tertiary/aromatic N) is 1. The molecule has 0 aliphatic carbocycles. The summed E-state index contributed by atoms with van der Waals surface area (Å²) in [5, 5.41) is 0. The number of guanidine groups is 1. The topological polar surface area (TPSA) is 90.4 Å². The Labute approximate surface area is 55.1 Å². The molecule has 0 unspecified atom stereocenters. The Bertz CT molecular complexity index is 107. The first-order valence-corrected chi connectivity index (χ1v) is 2.76. The van der Waals surface area contributed by atoms with Gasteiger partial charge in [0.2, 0.25) is 0 Å². The van der Waals surface area contributed by atoms with E-state index in [1.165, 1.54) is 0 Å². The highest BCUT2D eigenvalue weighted by Crippen LogP contribution is 1.94. The summed E-state index contributed by atoms with van der Waals surface area (Å²) in [5.74, 6) is 0.0912. The minimum absolute atomic E-state index is 0.0912. The number of hydrogen-bond acceptors (Lipinski definition) is 2. The van der Waals surface area contributed by atoms with Crippen molar-refractivity contribution in [2.24, 2.45) is 22.2 Å². The van der Waals surface area contributed by atoms with E-state index in [9.17, 15) is 0 Å². The van der Waals surface area contributed by atoms with E-state index in [1.54, 1.807) is 0 Å². The molecule has 0 spiro atoms. The Morgan fingerprint density at radius 2 is 1.89 bits per heavy atom. The summed E-state index contributed by atoms with van der Waals surface area (Å²) in [4.78, 5) is 3.74. The maximum atomic E-state index is 5.57. The third kappa shape index (κ3) is 7.23. The fraction of sp³-hybridized carbons (Fsp3) is 0.800. The summed E-state index contributed by atoms with van der Waals surface area (Å²) in [5.41, 5.74) is 15.4. The molecular weight excluding hydrogens is 116 g/mol. The summed E-state index contributed by atoms with van der Waals surface area (Å²) in [6, 6.07) is 0. The van der Waals surface area contributed by atoms with E-state index in [2.05, 4.69) is 4.99 Å². The van der Waals surface area contributed by atoms with E-state index in [0.29, 0.717) is 6.54 Å². The molecular formula is C5H14N4. The quantitative estimate of drug-likeness (QED) is 0.330. The third-order valence-corrected chi connectivity index (χ3v) is 0.669. The van der Waals surface area contributed by atoms with Crippen LogP contribution in [0.3, 0.4) is 0 Å². The summed E-state index contributed by atoms with van der Waals surface area (Å²) in [6.07, 6.45) is 0. The summed E-state index contributed by atoms with van der Waals surface area (Å²) in [7, 11) is 0. The lowest BCUT2D eigenvalue weighted by Gasteiger charge is -2.14. The molecule has 54 valence electrons. The van der Waals surface area contributed by atoms with Crippen LogP contribution >= 0.6 is 0 Å². The van der Waals surface area contributed by atoms with E-state index in [1.807, 2.05) is 13.8 Å². The van der Waals surface area contributed by atoms with Gasteiger partial charge in [-0.2, -0.15) is 0 Å². The first-order valence-electron chi connectivity index (χ1n) is 2.76. The van der Waals surface area contributed by atoms with E-state index in [-0.39, 0.29) is 11.5 Å². The molecule has 0 bridgehead atoms. The molecule has 4 nitrogen and oxygen atoms in total. The number of hydrogen-bond donors (Lipinski definition) is 3. The Kier molecular flexibility index (Phi) is 2.45. The summed E-state index contributed by atoms with van der Waals surface area (Å²) >= 11 is 0. The van der Waals surface area contributed by atoms with Crippen molar-refractivity contribution in [1.29, 1.82) is 0 Å². The van der Waals surface area contributed by atoms with Gasteiger partial charge in [-0.1, -0.05) is 0 Å². The van der Waals surface area contributed by atoms with Gasteiger partial charge in [0.1, 0.15) is 0 Å². The SMILES string of the molecule is CC(C)(N)CN=C(N)N. The molecule has 4 heteroatoms. The molecule has 0 radical (unpaired) electrons. The molecule has 0 aromatic rings. The van der Waals surface area contributed by atoms with Crippen molar-refractivity contribution in [3.63, 3.8) is 0 Å². The lowest BCUT2D eigenvalue weighted by Crippen LogP contribution is -2.37. The van der Waals surface area contributed by atoms with Crippen molar-refractivity contribution in [3.05, 3.63) is 0 Å². The second-order valence-corrected chi connectivity index (χ2v) is 2.73. The van der Waals surface area contributed by atoms with Gasteiger partial charge in [-0.3, -0.25) is 4.99 Å². The second-order valence-electron chi connectivity index (χ2n) is 2.73. The van der Waals surface area contributed by atoms with Crippen molar-refractivity contribution >= 4 is 5.96 Å². The Hall–Kier alpha value is -0.770. The molecule has 0 atom stereocenters. The van der Waals surface area contributed by atoms with Crippen molar-refractivity contribution in [2.45, 2.75) is 19.4 Å². The zero-order valence-electron chi connectivity index (χ0n) is 5.89. The van der Waals surface area contributed by atoms with Crippen molar-refractivity contribution < 1.29 is 0 Å². The maximum Gasteiger partial charge on any atom is 0.185 e. The lowest BCUT2D eigenvalue weighted by molar-refractivity contribution is 0.533. The van der Waals surface area contributed by atoms with Crippen LogP contribution in [0.4, 0.5) is 0 Å². The first-order chi connectivity index (χ1) is 3.92. The lowest BCUT2D eigenvalue weighted by atomic mass is 10.1. The molecule has 0 aromatic heterocycles. The highest BCUT2D eigenvalue weighted by atomic mass is 15.0. The van der Waals surface area contributed by atoms with E-state index in [4.69, 9.17) is 17.2 Å². The molecule has 0 aliphatic heterocycles. The zero-order valence-corrected chi connectivity index (χ0v) is 5.89. The minimum Gasteiger partial charge on any atom is -0.370 e. The standard InChI is InChI=1S/C5H14N4/c1-5(2,8)3-9-4(6)7/h3,8H2,1-2H3,(H4,6,7,9). The van der Waals surface area contributed by atoms with Gasteiger partial charge in [0, 0.05) is 5.54 Å². The largest absolute Gasteiger partial charge is 0.370 e. The van der Waals surface area contributed by atoms with Gasteiger partial charge in [-0.15, -0.1) is 0 Å². The smallest absolute Gasteiger partial charge is 0.185 e. The average molecular weight is 130 g/mol. The van der Waals surface area contributed by atoms with Crippen molar-refractivity contribution in [1.82, 2.24) is 0 Å². The van der Waals surface area contributed by atoms with Crippen LogP contribution in [0.2, 0.25) is 0 Å². The van der Waals surface area contributed by atoms with Gasteiger partial charge < -0.3 is 17.2 Å². The van der Waals surface area contributed by atoms with Crippen LogP contribution in [-0.2, 0) is 0 Å². The molecule has 0 heterocycles. The Balaban J connectivity index is 3.64. The molecule has 0 fully saturated rings. The Morgan fingerprint density at radius 3 is 2.00 bits per heavy atom. The molecule has 0 saturated carbocycles. The summed E-state index contributed by atoms with van der Waals surface area (Å²) < 4.78 is 0. The van der Waals surface area contributed by atoms with Gasteiger partial charge in [0.05, 0.1) is 6.54 Å². The fourth-order valence-electron chi connectivity index (χ4n) is 0.295. The predicted octanol–water partition coefficient (Wildman–Crippen LogP) is -1.00. The predicted molar refractivity (Wildman–Crippen MR) is 38.9 cm³/mol. The third-order valence-electron chi connectivity index (χ3n) is 0.669. The van der Waals surface area contributed by atoms with Crippen LogP contribution in [0.15, 0.2) is 4.99 Å². The van der Waals surface area contributed by atoms with Crippen molar-refractivity contribution in [3.8, 4) is 0 Å². The molecule has 6 N–H and O–H groups in total. The average Bonchev–Trinajstić information content (AvgIpc) is 1.59. The van der Waals surface area contributed by atoms with E-state index < -0.39 is 0 Å². The molecule has 0 aliphatic rings. The maximum absolute atomic E-state index is 5.57. The van der Waals surface area contributed by atoms with Gasteiger partial charge in [0.25, 0.3) is 0 Å².